The lowest BCUT2D eigenvalue weighted by Crippen LogP contribution is -2.60. The summed E-state index contributed by atoms with van der Waals surface area (Å²) in [6.45, 7) is 0.405. The number of hydrogen-bond acceptors (Lipinski definition) is 6. The first-order valence-corrected chi connectivity index (χ1v) is 9.57. The van der Waals surface area contributed by atoms with E-state index in [1.54, 1.807) is 12.5 Å². The Hall–Kier alpha value is -2.52. The normalized spacial score (nSPS) is 22.4. The van der Waals surface area contributed by atoms with Crippen LogP contribution in [0.4, 0.5) is 16.0 Å². The molecule has 2 atom stereocenters. The summed E-state index contributed by atoms with van der Waals surface area (Å²) in [6.07, 6.45) is 7.58. The molecule has 1 fully saturated rings. The average molecular weight is 390 g/mol. The molecule has 5 N–H and O–H groups in total. The van der Waals surface area contributed by atoms with Gasteiger partial charge in [-0.1, -0.05) is 6.42 Å². The van der Waals surface area contributed by atoms with E-state index in [1.165, 1.54) is 6.07 Å². The molecule has 1 aliphatic carbocycles. The molecule has 1 aliphatic heterocycles. The molecular weight excluding hydrogens is 361 g/mol. The van der Waals surface area contributed by atoms with Gasteiger partial charge in [-0.3, -0.25) is 14.3 Å². The molecule has 0 spiro atoms. The van der Waals surface area contributed by atoms with Gasteiger partial charge in [0, 0.05) is 12.6 Å². The second-order valence-corrected chi connectivity index (χ2v) is 7.77. The van der Waals surface area contributed by atoms with Crippen molar-refractivity contribution in [1.82, 2.24) is 20.1 Å². The minimum absolute atomic E-state index is 0.0190. The molecule has 0 saturated heterocycles. The lowest BCUT2D eigenvalue weighted by atomic mass is 9.88. The molecule has 2 unspecified atom stereocenters. The van der Waals surface area contributed by atoms with Crippen LogP contribution in [0.1, 0.15) is 36.0 Å². The van der Waals surface area contributed by atoms with Gasteiger partial charge >= 0.3 is 0 Å². The summed E-state index contributed by atoms with van der Waals surface area (Å²) in [6, 6.07) is 1.63. The van der Waals surface area contributed by atoms with Crippen LogP contribution in [-0.4, -0.2) is 57.0 Å². The molecule has 1 saturated carbocycles. The second kappa shape index (κ2) is 8.24. The molecule has 152 valence electrons. The van der Waals surface area contributed by atoms with Crippen molar-refractivity contribution in [2.75, 3.05) is 33.0 Å². The van der Waals surface area contributed by atoms with Gasteiger partial charge in [0.15, 0.2) is 0 Å². The third-order valence-corrected chi connectivity index (χ3v) is 5.66. The number of nitrogens with two attached hydrogens (primary N) is 1. The number of primary amides is 1. The number of aliphatic imine (C=N–C) groups is 1. The highest BCUT2D eigenvalue weighted by molar-refractivity contribution is 5.98. The molecule has 2 aliphatic rings. The van der Waals surface area contributed by atoms with Crippen molar-refractivity contribution < 1.29 is 9.18 Å². The van der Waals surface area contributed by atoms with Crippen molar-refractivity contribution in [2.24, 2.45) is 10.7 Å². The highest BCUT2D eigenvalue weighted by Gasteiger charge is 2.41. The Morgan fingerprint density at radius 3 is 2.75 bits per heavy atom. The molecule has 2 heterocycles. The summed E-state index contributed by atoms with van der Waals surface area (Å²) in [5.41, 5.74) is 6.20. The Morgan fingerprint density at radius 2 is 2.11 bits per heavy atom. The van der Waals surface area contributed by atoms with Crippen molar-refractivity contribution in [3.05, 3.63) is 29.3 Å². The molecule has 9 heteroatoms. The van der Waals surface area contributed by atoms with Crippen LogP contribution in [0, 0.1) is 5.82 Å². The molecular formula is C19H29FN7O+. The van der Waals surface area contributed by atoms with Gasteiger partial charge in [-0.2, -0.15) is 9.37 Å². The molecule has 28 heavy (non-hydrogen) atoms. The summed E-state index contributed by atoms with van der Waals surface area (Å²) in [5, 5.41) is 9.33. The van der Waals surface area contributed by atoms with Gasteiger partial charge in [-0.05, 0) is 26.0 Å². The van der Waals surface area contributed by atoms with Crippen LogP contribution in [0.5, 0.6) is 0 Å². The van der Waals surface area contributed by atoms with E-state index in [2.05, 4.69) is 25.9 Å². The summed E-state index contributed by atoms with van der Waals surface area (Å²) in [5.74, 6) is -0.729. The van der Waals surface area contributed by atoms with Crippen molar-refractivity contribution >= 4 is 23.9 Å². The number of aromatic nitrogens is 1. The minimum atomic E-state index is -0.732. The van der Waals surface area contributed by atoms with Crippen molar-refractivity contribution in [3.63, 3.8) is 0 Å². The largest absolute Gasteiger partial charge is 0.365 e. The number of quaternary nitrogens is 1. The van der Waals surface area contributed by atoms with Crippen LogP contribution in [0.15, 0.2) is 23.0 Å². The van der Waals surface area contributed by atoms with Crippen LogP contribution in [-0.2, 0) is 0 Å². The van der Waals surface area contributed by atoms with Crippen molar-refractivity contribution in [2.45, 2.75) is 37.8 Å². The van der Waals surface area contributed by atoms with Crippen LogP contribution < -0.4 is 26.2 Å². The van der Waals surface area contributed by atoms with E-state index in [0.29, 0.717) is 12.2 Å². The van der Waals surface area contributed by atoms with Gasteiger partial charge in [0.1, 0.15) is 11.9 Å². The highest BCUT2D eigenvalue weighted by atomic mass is 19.1. The lowest BCUT2D eigenvalue weighted by molar-refractivity contribution is 0.1000. The lowest BCUT2D eigenvalue weighted by Gasteiger charge is -2.43. The van der Waals surface area contributed by atoms with E-state index in [0.717, 1.165) is 25.7 Å². The number of anilines is 1. The van der Waals surface area contributed by atoms with E-state index in [-0.39, 0.29) is 33.8 Å². The van der Waals surface area contributed by atoms with Crippen LogP contribution >= 0.6 is 0 Å². The maximum absolute atomic E-state index is 15.1. The van der Waals surface area contributed by atoms with E-state index < -0.39 is 11.7 Å². The summed E-state index contributed by atoms with van der Waals surface area (Å²) >= 11 is 0. The molecule has 0 radical (unpaired) electrons. The third kappa shape index (κ3) is 4.00. The number of pyridine rings is 1. The first-order chi connectivity index (χ1) is 13.3. The number of carbonyl (C=O) groups is 1. The number of nitrogens with one attached hydrogen (secondary N) is 3. The Balaban J connectivity index is 2.01. The molecule has 1 aromatic rings. The van der Waals surface area contributed by atoms with E-state index in [4.69, 9.17) is 5.73 Å². The van der Waals surface area contributed by atoms with Gasteiger partial charge in [0.25, 0.3) is 11.7 Å². The molecule has 8 nitrogen and oxygen atoms in total. The number of amides is 1. The molecule has 0 bridgehead atoms. The maximum Gasteiger partial charge on any atom is 0.265 e. The standard InChI is InChI=1S/C19H28FN7O/c1-22-15-6-4-5-7-16(15)27(2,3)19-14(20)8-13(17(21)28)18(26-19)25-12-9-23-11-24-10-12/h8-9,11,15-16,22H,4-7,10H2,1-3H3,(H3-,21,23,24,25,26,28)/p+1. The van der Waals surface area contributed by atoms with Crippen molar-refractivity contribution in [3.8, 4) is 0 Å². The number of hydrogen-bond donors (Lipinski definition) is 4. The number of halogens is 1. The molecule has 0 aromatic carbocycles. The summed E-state index contributed by atoms with van der Waals surface area (Å²) in [4.78, 5) is 20.5. The first kappa shape index (κ1) is 20.2. The van der Waals surface area contributed by atoms with E-state index in [1.807, 2.05) is 21.1 Å². The van der Waals surface area contributed by atoms with E-state index >= 15 is 4.39 Å². The summed E-state index contributed by atoms with van der Waals surface area (Å²) < 4.78 is 15.3. The zero-order valence-corrected chi connectivity index (χ0v) is 16.6. The Bertz CT molecular complexity index is 806. The van der Waals surface area contributed by atoms with Crippen LogP contribution in [0.2, 0.25) is 0 Å². The zero-order valence-electron chi connectivity index (χ0n) is 16.6. The fourth-order valence-electron chi connectivity index (χ4n) is 4.15. The maximum atomic E-state index is 15.1. The van der Waals surface area contributed by atoms with Crippen molar-refractivity contribution in [1.29, 1.82) is 0 Å². The highest BCUT2D eigenvalue weighted by Crippen LogP contribution is 2.34. The minimum Gasteiger partial charge on any atom is -0.365 e. The number of nitrogens with zero attached hydrogens (tertiary/aromatic N) is 3. The molecule has 1 amide bonds. The second-order valence-electron chi connectivity index (χ2n) is 7.77. The Labute approximate surface area is 164 Å². The first-order valence-electron chi connectivity index (χ1n) is 9.57. The summed E-state index contributed by atoms with van der Waals surface area (Å²) in [7, 11) is 5.87. The fraction of sp³-hybridized carbons (Fsp3) is 0.526. The fourth-order valence-corrected chi connectivity index (χ4v) is 4.15. The Kier molecular flexibility index (Phi) is 5.95. The van der Waals surface area contributed by atoms with Gasteiger partial charge < -0.3 is 21.7 Å². The van der Waals surface area contributed by atoms with Gasteiger partial charge in [-0.15, -0.1) is 0 Å². The zero-order chi connectivity index (χ0) is 20.3. The smallest absolute Gasteiger partial charge is 0.265 e. The number of likely N-dealkylation sites (N-methyl/N-ethyl adjacent to an activating group) is 2. The topological polar surface area (TPSA) is 104 Å². The molecule has 1 aromatic heterocycles. The van der Waals surface area contributed by atoms with Gasteiger partial charge in [0.2, 0.25) is 5.82 Å². The molecule has 3 rings (SSSR count). The van der Waals surface area contributed by atoms with E-state index in [9.17, 15) is 4.79 Å². The number of carbonyl (C=O) groups excluding carboxylic acids is 1. The predicted molar refractivity (Wildman–Crippen MR) is 110 cm³/mol. The quantitative estimate of drug-likeness (QED) is 0.548. The third-order valence-electron chi connectivity index (χ3n) is 5.66. The monoisotopic (exact) mass is 390 g/mol. The van der Waals surface area contributed by atoms with Crippen LogP contribution in [0.25, 0.3) is 0 Å². The SMILES string of the molecule is CNC1CCCCC1[N+](C)(C)c1nc(NC2=CNC=NC2)c(C(N)=O)cc1F. The predicted octanol–water partition coefficient (Wildman–Crippen LogP) is 1.30. The van der Waals surface area contributed by atoms with Crippen LogP contribution in [0.3, 0.4) is 0 Å². The average Bonchev–Trinajstić information content (AvgIpc) is 2.69. The Morgan fingerprint density at radius 1 is 1.36 bits per heavy atom. The number of rotatable bonds is 6. The van der Waals surface area contributed by atoms with Gasteiger partial charge in [0.05, 0.1) is 44.3 Å². The van der Waals surface area contributed by atoms with Gasteiger partial charge in [-0.25, -0.2) is 0 Å².